The molecule has 0 bridgehead atoms. The van der Waals surface area contributed by atoms with Gasteiger partial charge in [0.1, 0.15) is 0 Å². The van der Waals surface area contributed by atoms with Crippen LogP contribution in [0, 0.1) is 5.92 Å². The Bertz CT molecular complexity index is 370. The topological polar surface area (TPSA) is 66.5 Å². The van der Waals surface area contributed by atoms with Crippen molar-refractivity contribution in [2.75, 3.05) is 25.4 Å². The largest absolute Gasteiger partial charge is 0.341 e. The highest BCUT2D eigenvalue weighted by atomic mass is 32.3. The van der Waals surface area contributed by atoms with Gasteiger partial charge in [0, 0.05) is 38.0 Å². The van der Waals surface area contributed by atoms with Gasteiger partial charge >= 0.3 is 10.2 Å². The molecule has 0 aliphatic carbocycles. The van der Waals surface area contributed by atoms with Crippen LogP contribution in [0.1, 0.15) is 20.3 Å². The first-order chi connectivity index (χ1) is 7.78. The van der Waals surface area contributed by atoms with E-state index in [9.17, 15) is 17.1 Å². The minimum Gasteiger partial charge on any atom is -0.341 e. The molecule has 1 saturated heterocycles. The molecule has 0 spiro atoms. The van der Waals surface area contributed by atoms with Gasteiger partial charge in [0.05, 0.1) is 5.75 Å². The van der Waals surface area contributed by atoms with E-state index in [2.05, 4.69) is 5.32 Å². The smallest absolute Gasteiger partial charge is 0.302 e. The average Bonchev–Trinajstić information content (AvgIpc) is 2.42. The number of nitrogens with zero attached hydrogens (tertiary/aromatic N) is 1. The number of rotatable bonds is 6. The van der Waals surface area contributed by atoms with Gasteiger partial charge < -0.3 is 10.2 Å². The third kappa shape index (κ3) is 5.45. The Morgan fingerprint density at radius 3 is 2.71 bits per heavy atom. The lowest BCUT2D eigenvalue weighted by molar-refractivity contribution is -0.127. The molecule has 1 N–H and O–H groups in total. The molecule has 1 rings (SSSR count). The number of carbonyl (C=O) groups is 1. The lowest BCUT2D eigenvalue weighted by Gasteiger charge is -2.17. The van der Waals surface area contributed by atoms with Crippen molar-refractivity contribution in [3.8, 4) is 0 Å². The van der Waals surface area contributed by atoms with Crippen LogP contribution in [-0.2, 0) is 15.0 Å². The number of likely N-dealkylation sites (tertiary alicyclic amines) is 1. The summed E-state index contributed by atoms with van der Waals surface area (Å²) in [4.78, 5) is 13.1. The molecule has 1 heterocycles. The Labute approximate surface area is 102 Å². The second kappa shape index (κ2) is 5.77. The summed E-state index contributed by atoms with van der Waals surface area (Å²) in [6.45, 7) is 5.55. The molecule has 1 atom stereocenters. The van der Waals surface area contributed by atoms with Gasteiger partial charge in [-0.3, -0.25) is 4.79 Å². The zero-order chi connectivity index (χ0) is 13.1. The zero-order valence-electron chi connectivity index (χ0n) is 10.1. The Morgan fingerprint density at radius 2 is 2.18 bits per heavy atom. The summed E-state index contributed by atoms with van der Waals surface area (Å²) < 4.78 is 33.5. The summed E-state index contributed by atoms with van der Waals surface area (Å²) in [5, 5.41) is 3.17. The average molecular weight is 266 g/mol. The van der Waals surface area contributed by atoms with E-state index in [1.54, 1.807) is 4.90 Å². The van der Waals surface area contributed by atoms with Crippen molar-refractivity contribution >= 4 is 16.1 Å². The third-order valence-electron chi connectivity index (χ3n) is 2.66. The fourth-order valence-corrected chi connectivity index (χ4v) is 2.74. The van der Waals surface area contributed by atoms with E-state index in [0.717, 1.165) is 0 Å². The summed E-state index contributed by atoms with van der Waals surface area (Å²) in [7, 11) is -4.48. The van der Waals surface area contributed by atoms with Crippen LogP contribution in [0.2, 0.25) is 0 Å². The van der Waals surface area contributed by atoms with Gasteiger partial charge in [0.15, 0.2) is 0 Å². The number of hydrogen-bond acceptors (Lipinski definition) is 4. The van der Waals surface area contributed by atoms with Crippen LogP contribution < -0.4 is 5.32 Å². The highest BCUT2D eigenvalue weighted by Gasteiger charge is 2.32. The van der Waals surface area contributed by atoms with Gasteiger partial charge in [-0.1, -0.05) is 13.8 Å². The highest BCUT2D eigenvalue weighted by Crippen LogP contribution is 2.19. The van der Waals surface area contributed by atoms with E-state index in [-0.39, 0.29) is 12.3 Å². The van der Waals surface area contributed by atoms with Crippen LogP contribution in [0.3, 0.4) is 0 Å². The SMILES string of the molecule is CC(C)NCCN1CC(CS(=O)(=O)F)CC1=O. The molecule has 5 nitrogen and oxygen atoms in total. The lowest BCUT2D eigenvalue weighted by Crippen LogP contribution is -2.36. The van der Waals surface area contributed by atoms with Crippen LogP contribution in [0.25, 0.3) is 0 Å². The van der Waals surface area contributed by atoms with E-state index < -0.39 is 21.9 Å². The van der Waals surface area contributed by atoms with Crippen molar-refractivity contribution in [1.29, 1.82) is 0 Å². The van der Waals surface area contributed by atoms with Gasteiger partial charge in [0.2, 0.25) is 5.91 Å². The molecule has 0 radical (unpaired) electrons. The minimum absolute atomic E-state index is 0.0933. The van der Waals surface area contributed by atoms with Gasteiger partial charge in [-0.2, -0.15) is 8.42 Å². The van der Waals surface area contributed by atoms with Gasteiger partial charge in [-0.25, -0.2) is 0 Å². The Morgan fingerprint density at radius 1 is 1.53 bits per heavy atom. The molecule has 1 aliphatic rings. The Balaban J connectivity index is 2.37. The van der Waals surface area contributed by atoms with Crippen molar-refractivity contribution in [3.05, 3.63) is 0 Å². The van der Waals surface area contributed by atoms with Crippen molar-refractivity contribution in [2.24, 2.45) is 5.92 Å². The van der Waals surface area contributed by atoms with Gasteiger partial charge in [-0.05, 0) is 0 Å². The fraction of sp³-hybridized carbons (Fsp3) is 0.900. The maximum atomic E-state index is 12.5. The predicted octanol–water partition coefficient (Wildman–Crippen LogP) is 0.132. The molecule has 100 valence electrons. The second-order valence-electron chi connectivity index (χ2n) is 4.72. The first-order valence-electron chi connectivity index (χ1n) is 5.71. The van der Waals surface area contributed by atoms with Crippen LogP contribution >= 0.6 is 0 Å². The molecule has 0 aromatic carbocycles. The Hall–Kier alpha value is -0.690. The van der Waals surface area contributed by atoms with Crippen molar-refractivity contribution in [2.45, 2.75) is 26.3 Å². The normalized spacial score (nSPS) is 21.5. The summed E-state index contributed by atoms with van der Waals surface area (Å²) in [6, 6.07) is 0.342. The molecule has 1 aliphatic heterocycles. The Kier molecular flexibility index (Phi) is 4.88. The predicted molar refractivity (Wildman–Crippen MR) is 62.7 cm³/mol. The molecule has 7 heteroatoms. The number of carbonyl (C=O) groups excluding carboxylic acids is 1. The molecule has 0 aromatic rings. The van der Waals surface area contributed by atoms with Gasteiger partial charge in [0.25, 0.3) is 0 Å². The molecular weight excluding hydrogens is 247 g/mol. The summed E-state index contributed by atoms with van der Waals surface area (Å²) in [5.41, 5.74) is 0. The first-order valence-corrected chi connectivity index (χ1v) is 7.26. The van der Waals surface area contributed by atoms with Crippen molar-refractivity contribution in [1.82, 2.24) is 10.2 Å². The quantitative estimate of drug-likeness (QED) is 0.694. The molecular formula is C10H19FN2O3S. The van der Waals surface area contributed by atoms with Gasteiger partial charge in [-0.15, -0.1) is 3.89 Å². The summed E-state index contributed by atoms with van der Waals surface area (Å²) in [6.07, 6.45) is 0.130. The number of nitrogens with one attached hydrogen (secondary N) is 1. The first kappa shape index (κ1) is 14.4. The standard InChI is InChI=1S/C10H19FN2O3S/c1-8(2)12-3-4-13-6-9(5-10(13)14)7-17(11,15)16/h8-9,12H,3-7H2,1-2H3. The molecule has 1 fully saturated rings. The van der Waals surface area contributed by atoms with Crippen LogP contribution in [0.4, 0.5) is 3.89 Å². The minimum atomic E-state index is -4.48. The van der Waals surface area contributed by atoms with Crippen molar-refractivity contribution < 1.29 is 17.1 Å². The molecule has 0 saturated carbocycles. The van der Waals surface area contributed by atoms with E-state index in [4.69, 9.17) is 0 Å². The molecule has 1 amide bonds. The third-order valence-corrected chi connectivity index (χ3v) is 3.53. The molecule has 17 heavy (non-hydrogen) atoms. The monoisotopic (exact) mass is 266 g/mol. The molecule has 1 unspecified atom stereocenters. The van der Waals surface area contributed by atoms with E-state index in [1.807, 2.05) is 13.8 Å². The van der Waals surface area contributed by atoms with Crippen LogP contribution in [0.5, 0.6) is 0 Å². The van der Waals surface area contributed by atoms with E-state index in [1.165, 1.54) is 0 Å². The summed E-state index contributed by atoms with van der Waals surface area (Å²) in [5.74, 6) is -1.05. The zero-order valence-corrected chi connectivity index (χ0v) is 11.0. The number of hydrogen-bond donors (Lipinski definition) is 1. The maximum absolute atomic E-state index is 12.5. The van der Waals surface area contributed by atoms with Crippen LogP contribution in [0.15, 0.2) is 0 Å². The lowest BCUT2D eigenvalue weighted by atomic mass is 10.1. The highest BCUT2D eigenvalue weighted by molar-refractivity contribution is 7.86. The van der Waals surface area contributed by atoms with Crippen molar-refractivity contribution in [3.63, 3.8) is 0 Å². The number of halogens is 1. The maximum Gasteiger partial charge on any atom is 0.302 e. The van der Waals surface area contributed by atoms with E-state index in [0.29, 0.717) is 25.7 Å². The number of amides is 1. The van der Waals surface area contributed by atoms with Crippen LogP contribution in [-0.4, -0.2) is 50.7 Å². The van der Waals surface area contributed by atoms with E-state index >= 15 is 0 Å². The summed E-state index contributed by atoms with van der Waals surface area (Å²) >= 11 is 0. The fourth-order valence-electron chi connectivity index (χ4n) is 1.95. The second-order valence-corrected chi connectivity index (χ2v) is 6.14. The molecule has 0 aromatic heterocycles.